The Labute approximate surface area is 123 Å². The van der Waals surface area contributed by atoms with E-state index in [4.69, 9.17) is 4.74 Å². The molecule has 1 heterocycles. The van der Waals surface area contributed by atoms with Crippen molar-refractivity contribution < 1.29 is 9.53 Å². The molecule has 1 aromatic carbocycles. The number of anilines is 1. The number of hydrogen-bond donors (Lipinski definition) is 1. The molecule has 4 heteroatoms. The van der Waals surface area contributed by atoms with E-state index in [-0.39, 0.29) is 5.91 Å². The Morgan fingerprint density at radius 2 is 2.15 bits per heavy atom. The van der Waals surface area contributed by atoms with Crippen LogP contribution in [0.15, 0.2) is 41.1 Å². The molecule has 0 aliphatic carbocycles. The molecule has 0 radical (unpaired) electrons. The van der Waals surface area contributed by atoms with Gasteiger partial charge < -0.3 is 10.1 Å². The summed E-state index contributed by atoms with van der Waals surface area (Å²) in [5.41, 5.74) is 1.96. The maximum atomic E-state index is 12.0. The summed E-state index contributed by atoms with van der Waals surface area (Å²) in [6, 6.07) is 9.60. The predicted molar refractivity (Wildman–Crippen MR) is 83.5 cm³/mol. The maximum absolute atomic E-state index is 12.0. The second kappa shape index (κ2) is 7.70. The number of benzene rings is 1. The first-order valence-corrected chi connectivity index (χ1v) is 7.76. The largest absolute Gasteiger partial charge is 0.491 e. The van der Waals surface area contributed by atoms with Gasteiger partial charge in [0.05, 0.1) is 12.3 Å². The van der Waals surface area contributed by atoms with Gasteiger partial charge in [-0.25, -0.2) is 0 Å². The minimum Gasteiger partial charge on any atom is -0.491 e. The Morgan fingerprint density at radius 1 is 1.30 bits per heavy atom. The van der Waals surface area contributed by atoms with E-state index in [0.29, 0.717) is 13.0 Å². The van der Waals surface area contributed by atoms with Gasteiger partial charge in [0.15, 0.2) is 0 Å². The van der Waals surface area contributed by atoms with Gasteiger partial charge in [0.2, 0.25) is 5.91 Å². The molecule has 0 unspecified atom stereocenters. The van der Waals surface area contributed by atoms with Crippen molar-refractivity contribution in [3.05, 3.63) is 46.7 Å². The molecule has 0 saturated heterocycles. The lowest BCUT2D eigenvalue weighted by molar-refractivity contribution is -0.116. The van der Waals surface area contributed by atoms with Gasteiger partial charge in [-0.05, 0) is 47.4 Å². The fourth-order valence-corrected chi connectivity index (χ4v) is 2.52. The quantitative estimate of drug-likeness (QED) is 0.833. The lowest BCUT2D eigenvalue weighted by Gasteiger charge is -2.11. The molecule has 2 aromatic rings. The minimum atomic E-state index is 0.0174. The number of carbonyl (C=O) groups excluding carboxylic acids is 1. The van der Waals surface area contributed by atoms with Gasteiger partial charge in [-0.15, -0.1) is 0 Å². The molecule has 0 fully saturated rings. The second-order valence-corrected chi connectivity index (χ2v) is 5.30. The summed E-state index contributed by atoms with van der Waals surface area (Å²) < 4.78 is 5.62. The molecule has 0 atom stereocenters. The van der Waals surface area contributed by atoms with E-state index >= 15 is 0 Å². The van der Waals surface area contributed by atoms with Crippen molar-refractivity contribution >= 4 is 22.9 Å². The number of ether oxygens (including phenoxy) is 1. The average Bonchev–Trinajstić information content (AvgIpc) is 2.97. The van der Waals surface area contributed by atoms with Gasteiger partial charge in [0, 0.05) is 6.42 Å². The zero-order valence-electron chi connectivity index (χ0n) is 11.6. The van der Waals surface area contributed by atoms with E-state index in [1.807, 2.05) is 29.6 Å². The fraction of sp³-hybridized carbons (Fsp3) is 0.312. The molecule has 0 aliphatic rings. The fourth-order valence-electron chi connectivity index (χ4n) is 1.81. The van der Waals surface area contributed by atoms with Crippen molar-refractivity contribution in [2.45, 2.75) is 26.2 Å². The van der Waals surface area contributed by atoms with Crippen LogP contribution in [0.5, 0.6) is 5.75 Å². The van der Waals surface area contributed by atoms with Gasteiger partial charge in [0.25, 0.3) is 0 Å². The highest BCUT2D eigenvalue weighted by molar-refractivity contribution is 7.07. The highest BCUT2D eigenvalue weighted by Gasteiger charge is 2.07. The van der Waals surface area contributed by atoms with Gasteiger partial charge in [-0.3, -0.25) is 4.79 Å². The van der Waals surface area contributed by atoms with Crippen molar-refractivity contribution in [1.29, 1.82) is 0 Å². The number of para-hydroxylation sites is 2. The Bertz CT molecular complexity index is 537. The molecule has 2 rings (SSSR count). The number of thiophene rings is 1. The SMILES string of the molecule is CCCOc1ccccc1NC(=O)CCc1ccsc1. The Morgan fingerprint density at radius 3 is 2.90 bits per heavy atom. The van der Waals surface area contributed by atoms with Gasteiger partial charge in [0.1, 0.15) is 5.75 Å². The van der Waals surface area contributed by atoms with Crippen LogP contribution in [0.1, 0.15) is 25.3 Å². The average molecular weight is 289 g/mol. The molecule has 1 N–H and O–H groups in total. The van der Waals surface area contributed by atoms with E-state index < -0.39 is 0 Å². The van der Waals surface area contributed by atoms with Crippen LogP contribution in [0.3, 0.4) is 0 Å². The third-order valence-corrected chi connectivity index (χ3v) is 3.58. The summed E-state index contributed by atoms with van der Waals surface area (Å²) in [5, 5.41) is 7.03. The van der Waals surface area contributed by atoms with Gasteiger partial charge in [-0.1, -0.05) is 19.1 Å². The smallest absolute Gasteiger partial charge is 0.224 e. The predicted octanol–water partition coefficient (Wildman–Crippen LogP) is 4.11. The number of hydrogen-bond acceptors (Lipinski definition) is 3. The molecule has 0 aliphatic heterocycles. The number of aryl methyl sites for hydroxylation is 1. The Hall–Kier alpha value is -1.81. The number of amides is 1. The molecule has 1 aromatic heterocycles. The summed E-state index contributed by atoms with van der Waals surface area (Å²) in [7, 11) is 0. The van der Waals surface area contributed by atoms with Gasteiger partial charge >= 0.3 is 0 Å². The molecule has 3 nitrogen and oxygen atoms in total. The minimum absolute atomic E-state index is 0.0174. The number of nitrogens with one attached hydrogen (secondary N) is 1. The standard InChI is InChI=1S/C16H19NO2S/c1-2-10-19-15-6-4-3-5-14(15)17-16(18)8-7-13-9-11-20-12-13/h3-6,9,11-12H,2,7-8,10H2,1H3,(H,17,18). The molecule has 106 valence electrons. The normalized spacial score (nSPS) is 10.2. The summed E-state index contributed by atoms with van der Waals surface area (Å²) in [6.45, 7) is 2.71. The highest BCUT2D eigenvalue weighted by atomic mass is 32.1. The zero-order valence-corrected chi connectivity index (χ0v) is 12.4. The molecular formula is C16H19NO2S. The van der Waals surface area contributed by atoms with E-state index in [1.54, 1.807) is 11.3 Å². The summed E-state index contributed by atoms with van der Waals surface area (Å²) >= 11 is 1.66. The summed E-state index contributed by atoms with van der Waals surface area (Å²) in [4.78, 5) is 12.0. The van der Waals surface area contributed by atoms with Crippen LogP contribution in [-0.2, 0) is 11.2 Å². The lowest BCUT2D eigenvalue weighted by atomic mass is 10.2. The Balaban J connectivity index is 1.90. The van der Waals surface area contributed by atoms with Crippen molar-refractivity contribution in [2.75, 3.05) is 11.9 Å². The van der Waals surface area contributed by atoms with Crippen LogP contribution < -0.4 is 10.1 Å². The third kappa shape index (κ3) is 4.38. The number of carbonyl (C=O) groups is 1. The first kappa shape index (κ1) is 14.6. The van der Waals surface area contributed by atoms with Crippen molar-refractivity contribution in [2.24, 2.45) is 0 Å². The van der Waals surface area contributed by atoms with Crippen LogP contribution in [0, 0.1) is 0 Å². The van der Waals surface area contributed by atoms with Crippen molar-refractivity contribution in [1.82, 2.24) is 0 Å². The second-order valence-electron chi connectivity index (χ2n) is 4.52. The van der Waals surface area contributed by atoms with Crippen molar-refractivity contribution in [3.63, 3.8) is 0 Å². The van der Waals surface area contributed by atoms with Crippen LogP contribution in [0.2, 0.25) is 0 Å². The molecule has 20 heavy (non-hydrogen) atoms. The maximum Gasteiger partial charge on any atom is 0.224 e. The van der Waals surface area contributed by atoms with E-state index in [9.17, 15) is 4.79 Å². The van der Waals surface area contributed by atoms with Crippen molar-refractivity contribution in [3.8, 4) is 5.75 Å². The first-order valence-electron chi connectivity index (χ1n) is 6.82. The molecule has 1 amide bonds. The number of rotatable bonds is 7. The van der Waals surface area contributed by atoms with Crippen LogP contribution in [-0.4, -0.2) is 12.5 Å². The summed E-state index contributed by atoms with van der Waals surface area (Å²) in [5.74, 6) is 0.752. The Kier molecular flexibility index (Phi) is 5.62. The van der Waals surface area contributed by atoms with E-state index in [2.05, 4.69) is 23.7 Å². The van der Waals surface area contributed by atoms with Crippen LogP contribution in [0.4, 0.5) is 5.69 Å². The third-order valence-electron chi connectivity index (χ3n) is 2.84. The molecule has 0 spiro atoms. The summed E-state index contributed by atoms with van der Waals surface area (Å²) in [6.07, 6.45) is 2.20. The van der Waals surface area contributed by atoms with E-state index in [0.717, 1.165) is 24.3 Å². The highest BCUT2D eigenvalue weighted by Crippen LogP contribution is 2.24. The van der Waals surface area contributed by atoms with Crippen LogP contribution >= 0.6 is 11.3 Å². The zero-order chi connectivity index (χ0) is 14.2. The topological polar surface area (TPSA) is 38.3 Å². The molecule has 0 saturated carbocycles. The first-order chi connectivity index (χ1) is 9.79. The van der Waals surface area contributed by atoms with Gasteiger partial charge in [-0.2, -0.15) is 11.3 Å². The lowest BCUT2D eigenvalue weighted by Crippen LogP contribution is -2.13. The molecular weight excluding hydrogens is 270 g/mol. The van der Waals surface area contributed by atoms with Crippen LogP contribution in [0.25, 0.3) is 0 Å². The monoisotopic (exact) mass is 289 g/mol. The molecule has 0 bridgehead atoms. The van der Waals surface area contributed by atoms with E-state index in [1.165, 1.54) is 5.56 Å².